The summed E-state index contributed by atoms with van der Waals surface area (Å²) in [5, 5.41) is 0.487. The summed E-state index contributed by atoms with van der Waals surface area (Å²) >= 11 is 5.86. The summed E-state index contributed by atoms with van der Waals surface area (Å²) in [7, 11) is -1.70. The summed E-state index contributed by atoms with van der Waals surface area (Å²) < 4.78 is 30.2. The van der Waals surface area contributed by atoms with Crippen LogP contribution in [0.15, 0.2) is 6.20 Å². The molecule has 2 rings (SSSR count). The summed E-state index contributed by atoms with van der Waals surface area (Å²) in [6.45, 7) is 2.67. The fourth-order valence-electron chi connectivity index (χ4n) is 2.26. The average molecular weight is 307 g/mol. The first-order valence-corrected chi connectivity index (χ1v) is 8.16. The third-order valence-electron chi connectivity index (χ3n) is 3.49. The summed E-state index contributed by atoms with van der Waals surface area (Å²) in [4.78, 5) is 4.07. The molecule has 2 heterocycles. The molecule has 108 valence electrons. The second-order valence-corrected chi connectivity index (χ2v) is 6.93. The van der Waals surface area contributed by atoms with E-state index in [0.29, 0.717) is 17.5 Å². The highest BCUT2D eigenvalue weighted by Crippen LogP contribution is 2.19. The highest BCUT2D eigenvalue weighted by Gasteiger charge is 2.29. The SMILES string of the molecule is CC1CCCCN1S(=O)(=O)NCc1ncc(Cl)n1C. The van der Waals surface area contributed by atoms with Crippen molar-refractivity contribution in [2.24, 2.45) is 7.05 Å². The van der Waals surface area contributed by atoms with Crippen molar-refractivity contribution in [2.75, 3.05) is 6.54 Å². The van der Waals surface area contributed by atoms with Crippen LogP contribution in [0.3, 0.4) is 0 Å². The Morgan fingerprint density at radius 1 is 1.53 bits per heavy atom. The van der Waals surface area contributed by atoms with Crippen LogP contribution in [0.4, 0.5) is 0 Å². The molecule has 0 aliphatic carbocycles. The van der Waals surface area contributed by atoms with E-state index in [1.54, 1.807) is 11.6 Å². The van der Waals surface area contributed by atoms with Crippen LogP contribution >= 0.6 is 11.6 Å². The van der Waals surface area contributed by atoms with Crippen molar-refractivity contribution in [2.45, 2.75) is 38.8 Å². The topological polar surface area (TPSA) is 67.2 Å². The monoisotopic (exact) mass is 306 g/mol. The number of halogens is 1. The number of hydrogen-bond acceptors (Lipinski definition) is 3. The first-order valence-electron chi connectivity index (χ1n) is 6.34. The number of imidazole rings is 1. The maximum Gasteiger partial charge on any atom is 0.280 e. The predicted octanol–water partition coefficient (Wildman–Crippen LogP) is 1.28. The lowest BCUT2D eigenvalue weighted by Crippen LogP contribution is -2.47. The van der Waals surface area contributed by atoms with Crippen molar-refractivity contribution in [1.29, 1.82) is 0 Å². The summed E-state index contributed by atoms with van der Waals surface area (Å²) in [6.07, 6.45) is 4.42. The second kappa shape index (κ2) is 5.78. The molecule has 0 aromatic carbocycles. The molecule has 0 radical (unpaired) electrons. The van der Waals surface area contributed by atoms with E-state index in [-0.39, 0.29) is 12.6 Å². The normalized spacial score (nSPS) is 21.7. The van der Waals surface area contributed by atoms with Gasteiger partial charge >= 0.3 is 0 Å². The van der Waals surface area contributed by atoms with Crippen LogP contribution in [0, 0.1) is 0 Å². The van der Waals surface area contributed by atoms with E-state index in [2.05, 4.69) is 9.71 Å². The van der Waals surface area contributed by atoms with Crippen molar-refractivity contribution < 1.29 is 8.42 Å². The Kier molecular flexibility index (Phi) is 4.50. The molecule has 1 aromatic heterocycles. The van der Waals surface area contributed by atoms with Crippen LogP contribution in [0.5, 0.6) is 0 Å². The fourth-order valence-corrected chi connectivity index (χ4v) is 3.83. The third-order valence-corrected chi connectivity index (χ3v) is 5.51. The van der Waals surface area contributed by atoms with E-state index >= 15 is 0 Å². The van der Waals surface area contributed by atoms with Gasteiger partial charge < -0.3 is 4.57 Å². The average Bonchev–Trinajstić information content (AvgIpc) is 2.68. The number of nitrogens with zero attached hydrogens (tertiary/aromatic N) is 3. The van der Waals surface area contributed by atoms with Gasteiger partial charge in [-0.1, -0.05) is 18.0 Å². The minimum absolute atomic E-state index is 0.0520. The number of nitrogens with one attached hydrogen (secondary N) is 1. The lowest BCUT2D eigenvalue weighted by molar-refractivity contribution is 0.265. The Bertz CT molecular complexity index is 543. The van der Waals surface area contributed by atoms with Gasteiger partial charge in [-0.25, -0.2) is 4.98 Å². The standard InChI is InChI=1S/C11H19ClN4O2S/c1-9-5-3-4-6-16(9)19(17,18)14-8-11-13-7-10(12)15(11)2/h7,9,14H,3-6,8H2,1-2H3. The predicted molar refractivity (Wildman–Crippen MR) is 74.0 cm³/mol. The van der Waals surface area contributed by atoms with Crippen LogP contribution < -0.4 is 4.72 Å². The molecule has 1 aliphatic heterocycles. The molecule has 0 amide bonds. The molecule has 6 nitrogen and oxygen atoms in total. The number of hydrogen-bond donors (Lipinski definition) is 1. The molecule has 1 aliphatic rings. The van der Waals surface area contributed by atoms with Crippen LogP contribution in [-0.2, 0) is 23.8 Å². The number of piperidine rings is 1. The molecule has 1 atom stereocenters. The van der Waals surface area contributed by atoms with Crippen molar-refractivity contribution in [3.05, 3.63) is 17.2 Å². The fraction of sp³-hybridized carbons (Fsp3) is 0.727. The smallest absolute Gasteiger partial charge is 0.280 e. The van der Waals surface area contributed by atoms with Gasteiger partial charge in [-0.05, 0) is 19.8 Å². The molecule has 0 saturated carbocycles. The van der Waals surface area contributed by atoms with E-state index in [1.807, 2.05) is 6.92 Å². The molecule has 1 aromatic rings. The Morgan fingerprint density at radius 3 is 2.84 bits per heavy atom. The van der Waals surface area contributed by atoms with Gasteiger partial charge in [-0.3, -0.25) is 0 Å². The van der Waals surface area contributed by atoms with Gasteiger partial charge in [-0.2, -0.15) is 17.4 Å². The van der Waals surface area contributed by atoms with Gasteiger partial charge in [0.2, 0.25) is 0 Å². The van der Waals surface area contributed by atoms with E-state index < -0.39 is 10.2 Å². The first kappa shape index (κ1) is 14.8. The molecular weight excluding hydrogens is 288 g/mol. The molecule has 0 bridgehead atoms. The zero-order chi connectivity index (χ0) is 14.0. The van der Waals surface area contributed by atoms with Crippen molar-refractivity contribution in [3.8, 4) is 0 Å². The molecule has 1 N–H and O–H groups in total. The lowest BCUT2D eigenvalue weighted by atomic mass is 10.1. The summed E-state index contributed by atoms with van der Waals surface area (Å²) in [6, 6.07) is 0.0520. The molecular formula is C11H19ClN4O2S. The molecule has 8 heteroatoms. The zero-order valence-corrected chi connectivity index (χ0v) is 12.7. The van der Waals surface area contributed by atoms with Crippen LogP contribution in [-0.4, -0.2) is 34.9 Å². The van der Waals surface area contributed by atoms with Crippen molar-refractivity contribution >= 4 is 21.8 Å². The largest absolute Gasteiger partial charge is 0.321 e. The first-order chi connectivity index (χ1) is 8.92. The van der Waals surface area contributed by atoms with Gasteiger partial charge in [0.25, 0.3) is 10.2 Å². The van der Waals surface area contributed by atoms with E-state index in [4.69, 9.17) is 11.6 Å². The van der Waals surface area contributed by atoms with Gasteiger partial charge in [0, 0.05) is 19.6 Å². The molecule has 19 heavy (non-hydrogen) atoms. The van der Waals surface area contributed by atoms with Crippen LogP contribution in [0.1, 0.15) is 32.0 Å². The quantitative estimate of drug-likeness (QED) is 0.911. The molecule has 1 fully saturated rings. The minimum Gasteiger partial charge on any atom is -0.321 e. The second-order valence-electron chi connectivity index (χ2n) is 4.84. The zero-order valence-electron chi connectivity index (χ0n) is 11.1. The Balaban J connectivity index is 2.03. The van der Waals surface area contributed by atoms with Gasteiger partial charge in [0.15, 0.2) is 0 Å². The van der Waals surface area contributed by atoms with Crippen LogP contribution in [0.25, 0.3) is 0 Å². The van der Waals surface area contributed by atoms with E-state index in [1.165, 1.54) is 10.5 Å². The van der Waals surface area contributed by atoms with Gasteiger partial charge in [0.05, 0.1) is 12.7 Å². The maximum absolute atomic E-state index is 12.2. The molecule has 1 saturated heterocycles. The Hall–Kier alpha value is -0.630. The third kappa shape index (κ3) is 3.28. The van der Waals surface area contributed by atoms with Crippen molar-refractivity contribution in [3.63, 3.8) is 0 Å². The van der Waals surface area contributed by atoms with Crippen LogP contribution in [0.2, 0.25) is 5.15 Å². The highest BCUT2D eigenvalue weighted by molar-refractivity contribution is 7.87. The number of aromatic nitrogens is 2. The minimum atomic E-state index is -3.45. The van der Waals surface area contributed by atoms with Crippen molar-refractivity contribution in [1.82, 2.24) is 18.6 Å². The molecule has 1 unspecified atom stereocenters. The Labute approximate surface area is 118 Å². The summed E-state index contributed by atoms with van der Waals surface area (Å²) in [5.41, 5.74) is 0. The van der Waals surface area contributed by atoms with E-state index in [9.17, 15) is 8.42 Å². The van der Waals surface area contributed by atoms with Gasteiger partial charge in [0.1, 0.15) is 11.0 Å². The maximum atomic E-state index is 12.2. The number of rotatable bonds is 4. The summed E-state index contributed by atoms with van der Waals surface area (Å²) in [5.74, 6) is 0.596. The molecule has 0 spiro atoms. The lowest BCUT2D eigenvalue weighted by Gasteiger charge is -2.32. The Morgan fingerprint density at radius 2 is 2.26 bits per heavy atom. The van der Waals surface area contributed by atoms with E-state index in [0.717, 1.165) is 19.3 Å². The van der Waals surface area contributed by atoms with Gasteiger partial charge in [-0.15, -0.1) is 0 Å². The highest BCUT2D eigenvalue weighted by atomic mass is 35.5.